The molecule has 0 bridgehead atoms. The summed E-state index contributed by atoms with van der Waals surface area (Å²) < 4.78 is 77.2. The lowest BCUT2D eigenvalue weighted by Gasteiger charge is -2.07. The van der Waals surface area contributed by atoms with Gasteiger partial charge in [-0.2, -0.15) is 26.3 Å². The van der Waals surface area contributed by atoms with E-state index >= 15 is 0 Å². The number of rotatable bonds is 6. The van der Waals surface area contributed by atoms with Crippen LogP contribution in [0.25, 0.3) is 0 Å². The third-order valence-corrected chi connectivity index (χ3v) is 2.24. The quantitative estimate of drug-likeness (QED) is 0.459. The molecule has 0 amide bonds. The van der Waals surface area contributed by atoms with Crippen LogP contribution in [0.1, 0.15) is 16.8 Å². The minimum Gasteiger partial charge on any atom is -0.372 e. The average molecular weight is 303 g/mol. The largest absolute Gasteiger partial charge is 0.454 e. The van der Waals surface area contributed by atoms with Gasteiger partial charge in [0, 0.05) is 31.1 Å². The van der Waals surface area contributed by atoms with Gasteiger partial charge in [-0.15, -0.1) is 0 Å². The van der Waals surface area contributed by atoms with Crippen LogP contribution >= 0.6 is 0 Å². The van der Waals surface area contributed by atoms with Crippen molar-refractivity contribution in [3.8, 4) is 0 Å². The molecule has 20 heavy (non-hydrogen) atoms. The van der Waals surface area contributed by atoms with E-state index < -0.39 is 30.3 Å². The summed E-state index contributed by atoms with van der Waals surface area (Å²) in [6.45, 7) is -1.39. The molecule has 0 aromatic carbocycles. The van der Waals surface area contributed by atoms with Crippen molar-refractivity contribution in [3.63, 3.8) is 0 Å². The Labute approximate surface area is 110 Å². The van der Waals surface area contributed by atoms with Crippen LogP contribution in [0.4, 0.5) is 26.3 Å². The lowest BCUT2D eigenvalue weighted by molar-refractivity contribution is -0.174. The molecule has 3 nitrogen and oxygen atoms in total. The number of Topliss-reactive ketones (excluding diaryl/α,β-unsaturated/α-hetero) is 1. The Balaban J connectivity index is 2.36. The number of carbonyl (C=O) groups excluding carboxylic acids is 1. The average Bonchev–Trinajstić information content (AvgIpc) is 2.73. The topological polar surface area (TPSA) is 31.2 Å². The fourth-order valence-electron chi connectivity index (χ4n) is 1.41. The molecule has 0 aliphatic heterocycles. The Bertz CT molecular complexity index is 449. The van der Waals surface area contributed by atoms with Crippen molar-refractivity contribution >= 4 is 5.78 Å². The highest BCUT2D eigenvalue weighted by molar-refractivity contribution is 6.00. The highest BCUT2D eigenvalue weighted by Crippen LogP contribution is 2.21. The van der Waals surface area contributed by atoms with Gasteiger partial charge in [0.2, 0.25) is 0 Å². The second kappa shape index (κ2) is 6.29. The van der Waals surface area contributed by atoms with Crippen LogP contribution in [0.15, 0.2) is 18.5 Å². The molecule has 9 heteroatoms. The number of nitrogens with zero attached hydrogens (tertiary/aromatic N) is 1. The summed E-state index contributed by atoms with van der Waals surface area (Å²) in [5.41, 5.74) is -0.506. The van der Waals surface area contributed by atoms with Crippen LogP contribution in [-0.2, 0) is 11.3 Å². The van der Waals surface area contributed by atoms with Gasteiger partial charge in [-0.3, -0.25) is 4.79 Å². The monoisotopic (exact) mass is 303 g/mol. The number of alkyl halides is 6. The summed E-state index contributed by atoms with van der Waals surface area (Å²) in [4.78, 5) is 10.9. The van der Waals surface area contributed by atoms with Crippen molar-refractivity contribution in [2.24, 2.45) is 0 Å². The van der Waals surface area contributed by atoms with Crippen molar-refractivity contribution in [2.75, 3.05) is 13.2 Å². The highest BCUT2D eigenvalue weighted by atomic mass is 19.4. The molecule has 0 radical (unpaired) electrons. The SMILES string of the molecule is O=C(c1ccn(CCCOCC(F)(F)F)c1)C(F)(F)F. The van der Waals surface area contributed by atoms with Crippen LogP contribution in [0.5, 0.6) is 0 Å². The fraction of sp³-hybridized carbons (Fsp3) is 0.545. The number of ketones is 1. The normalized spacial score (nSPS) is 12.7. The number of hydrogen-bond acceptors (Lipinski definition) is 2. The van der Waals surface area contributed by atoms with E-state index in [9.17, 15) is 31.1 Å². The zero-order chi connectivity index (χ0) is 15.4. The van der Waals surface area contributed by atoms with Crippen LogP contribution in [0, 0.1) is 0 Å². The van der Waals surface area contributed by atoms with Gasteiger partial charge in [0.05, 0.1) is 0 Å². The summed E-state index contributed by atoms with van der Waals surface area (Å²) in [6.07, 6.45) is -6.91. The van der Waals surface area contributed by atoms with E-state index in [1.165, 1.54) is 10.8 Å². The molecule has 1 heterocycles. The molecule has 0 saturated heterocycles. The Morgan fingerprint density at radius 1 is 1.20 bits per heavy atom. The van der Waals surface area contributed by atoms with Crippen LogP contribution in [0.3, 0.4) is 0 Å². The first kappa shape index (κ1) is 16.5. The van der Waals surface area contributed by atoms with E-state index in [2.05, 4.69) is 4.74 Å². The van der Waals surface area contributed by atoms with E-state index in [1.807, 2.05) is 0 Å². The van der Waals surface area contributed by atoms with Gasteiger partial charge in [0.1, 0.15) is 6.61 Å². The van der Waals surface area contributed by atoms with Crippen molar-refractivity contribution in [1.82, 2.24) is 4.57 Å². The number of carbonyl (C=O) groups is 1. The molecule has 114 valence electrons. The van der Waals surface area contributed by atoms with E-state index in [4.69, 9.17) is 0 Å². The van der Waals surface area contributed by atoms with Crippen molar-refractivity contribution in [3.05, 3.63) is 24.0 Å². The summed E-state index contributed by atoms with van der Waals surface area (Å²) in [6, 6.07) is 1.01. The van der Waals surface area contributed by atoms with E-state index in [0.29, 0.717) is 0 Å². The molecule has 0 spiro atoms. The summed E-state index contributed by atoms with van der Waals surface area (Å²) >= 11 is 0. The maximum atomic E-state index is 12.1. The molecule has 0 saturated carbocycles. The Hall–Kier alpha value is -1.51. The zero-order valence-electron chi connectivity index (χ0n) is 10.1. The van der Waals surface area contributed by atoms with Crippen molar-refractivity contribution in [1.29, 1.82) is 0 Å². The molecular weight excluding hydrogens is 292 g/mol. The molecular formula is C11H11F6NO2. The number of halogens is 6. The maximum absolute atomic E-state index is 12.1. The first-order valence-corrected chi connectivity index (χ1v) is 5.51. The molecule has 0 aliphatic carbocycles. The molecule has 1 aromatic rings. The lowest BCUT2D eigenvalue weighted by atomic mass is 10.2. The minimum absolute atomic E-state index is 0.156. The summed E-state index contributed by atoms with van der Waals surface area (Å²) in [5, 5.41) is 0. The van der Waals surface area contributed by atoms with E-state index in [1.54, 1.807) is 0 Å². The predicted octanol–water partition coefficient (Wildman–Crippen LogP) is 3.20. The number of aromatic nitrogens is 1. The second-order valence-corrected chi connectivity index (χ2v) is 3.99. The van der Waals surface area contributed by atoms with Crippen LogP contribution in [-0.4, -0.2) is 35.9 Å². The Kier molecular flexibility index (Phi) is 5.21. The first-order valence-electron chi connectivity index (χ1n) is 5.51. The minimum atomic E-state index is -4.94. The van der Waals surface area contributed by atoms with Crippen LogP contribution in [0.2, 0.25) is 0 Å². The second-order valence-electron chi connectivity index (χ2n) is 3.99. The Morgan fingerprint density at radius 2 is 1.85 bits per heavy atom. The number of aryl methyl sites for hydroxylation is 1. The van der Waals surface area contributed by atoms with E-state index in [-0.39, 0.29) is 19.6 Å². The van der Waals surface area contributed by atoms with Gasteiger partial charge in [0.15, 0.2) is 0 Å². The van der Waals surface area contributed by atoms with Gasteiger partial charge in [0.25, 0.3) is 5.78 Å². The first-order chi connectivity index (χ1) is 9.09. The van der Waals surface area contributed by atoms with Gasteiger partial charge in [-0.1, -0.05) is 0 Å². The number of ether oxygens (including phenoxy) is 1. The highest BCUT2D eigenvalue weighted by Gasteiger charge is 2.39. The lowest BCUT2D eigenvalue weighted by Crippen LogP contribution is -2.22. The van der Waals surface area contributed by atoms with E-state index in [0.717, 1.165) is 12.3 Å². The predicted molar refractivity (Wildman–Crippen MR) is 56.3 cm³/mol. The molecule has 0 fully saturated rings. The van der Waals surface area contributed by atoms with Gasteiger partial charge < -0.3 is 9.30 Å². The zero-order valence-corrected chi connectivity index (χ0v) is 10.1. The molecule has 1 rings (SSSR count). The van der Waals surface area contributed by atoms with Crippen molar-refractivity contribution in [2.45, 2.75) is 25.3 Å². The van der Waals surface area contributed by atoms with Gasteiger partial charge >= 0.3 is 12.4 Å². The molecule has 0 atom stereocenters. The Morgan fingerprint density at radius 3 is 2.40 bits per heavy atom. The molecule has 0 unspecified atom stereocenters. The van der Waals surface area contributed by atoms with Gasteiger partial charge in [-0.05, 0) is 12.5 Å². The maximum Gasteiger partial charge on any atom is 0.454 e. The summed E-state index contributed by atoms with van der Waals surface area (Å²) in [5.74, 6) is -1.95. The third-order valence-electron chi connectivity index (χ3n) is 2.24. The number of hydrogen-bond donors (Lipinski definition) is 0. The standard InChI is InChI=1S/C11H11F6NO2/c12-10(13,14)7-20-5-1-3-18-4-2-8(6-18)9(19)11(15,16)17/h2,4,6H,1,3,5,7H2. The fourth-order valence-corrected chi connectivity index (χ4v) is 1.41. The molecule has 0 N–H and O–H groups in total. The molecule has 0 aliphatic rings. The summed E-state index contributed by atoms with van der Waals surface area (Å²) in [7, 11) is 0. The van der Waals surface area contributed by atoms with Gasteiger partial charge in [-0.25, -0.2) is 0 Å². The van der Waals surface area contributed by atoms with Crippen molar-refractivity contribution < 1.29 is 35.9 Å². The molecule has 1 aromatic heterocycles. The van der Waals surface area contributed by atoms with Crippen LogP contribution < -0.4 is 0 Å². The third kappa shape index (κ3) is 5.64. The smallest absolute Gasteiger partial charge is 0.372 e.